The lowest BCUT2D eigenvalue weighted by molar-refractivity contribution is -0.0539. The number of morpholine rings is 1. The first-order valence-electron chi connectivity index (χ1n) is 11.6. The molecule has 3 saturated heterocycles. The van der Waals surface area contributed by atoms with E-state index in [9.17, 15) is 0 Å². The van der Waals surface area contributed by atoms with Crippen molar-refractivity contribution in [3.63, 3.8) is 0 Å². The summed E-state index contributed by atoms with van der Waals surface area (Å²) in [5.74, 6) is 1.32. The third kappa shape index (κ3) is 3.52. The second-order valence-corrected chi connectivity index (χ2v) is 9.77. The van der Waals surface area contributed by atoms with Crippen LogP contribution in [0.4, 0.5) is 11.5 Å². The van der Waals surface area contributed by atoms with Gasteiger partial charge >= 0.3 is 0 Å². The Balaban J connectivity index is 1.30. The zero-order chi connectivity index (χ0) is 21.4. The number of ether oxygens (including phenoxy) is 2. The molecule has 2 atom stereocenters. The van der Waals surface area contributed by atoms with Gasteiger partial charge in [0.05, 0.1) is 13.2 Å². The van der Waals surface area contributed by atoms with Crippen molar-refractivity contribution in [3.05, 3.63) is 34.8 Å². The smallest absolute Gasteiger partial charge is 0.162 e. The number of thiazole rings is 1. The van der Waals surface area contributed by atoms with Gasteiger partial charge in [-0.1, -0.05) is 0 Å². The predicted octanol–water partition coefficient (Wildman–Crippen LogP) is 3.24. The second kappa shape index (κ2) is 8.53. The zero-order valence-corrected chi connectivity index (χ0v) is 19.0. The highest BCUT2D eigenvalue weighted by Gasteiger charge is 2.47. The van der Waals surface area contributed by atoms with E-state index in [0.717, 1.165) is 93.4 Å². The second-order valence-electron chi connectivity index (χ2n) is 8.88. The lowest BCUT2D eigenvalue weighted by Gasteiger charge is -2.42. The molecule has 0 spiro atoms. The first-order valence-corrected chi connectivity index (χ1v) is 12.5. The van der Waals surface area contributed by atoms with Crippen LogP contribution in [0.3, 0.4) is 0 Å². The summed E-state index contributed by atoms with van der Waals surface area (Å²) < 4.78 is 11.9. The Morgan fingerprint density at radius 1 is 1.03 bits per heavy atom. The van der Waals surface area contributed by atoms with Crippen LogP contribution >= 0.6 is 11.3 Å². The van der Waals surface area contributed by atoms with Crippen LogP contribution in [0.25, 0.3) is 10.9 Å². The highest BCUT2D eigenvalue weighted by atomic mass is 32.1. The maximum atomic E-state index is 6.44. The molecule has 3 fully saturated rings. The minimum absolute atomic E-state index is 0.257. The number of anilines is 2. The summed E-state index contributed by atoms with van der Waals surface area (Å²) in [5, 5.41) is 17.3. The van der Waals surface area contributed by atoms with Crippen LogP contribution in [-0.2, 0) is 15.1 Å². The Kier molecular flexibility index (Phi) is 5.40. The van der Waals surface area contributed by atoms with Crippen LogP contribution in [0, 0.1) is 5.92 Å². The predicted molar refractivity (Wildman–Crippen MR) is 124 cm³/mol. The zero-order valence-electron chi connectivity index (χ0n) is 18.2. The van der Waals surface area contributed by atoms with Crippen molar-refractivity contribution >= 4 is 33.7 Å². The number of nitrogens with zero attached hydrogens (tertiary/aromatic N) is 6. The van der Waals surface area contributed by atoms with Crippen LogP contribution < -0.4 is 9.80 Å². The Morgan fingerprint density at radius 3 is 2.78 bits per heavy atom. The summed E-state index contributed by atoms with van der Waals surface area (Å²) in [6.07, 6.45) is 6.30. The first-order chi connectivity index (χ1) is 15.8. The van der Waals surface area contributed by atoms with Crippen molar-refractivity contribution in [1.82, 2.24) is 20.4 Å². The molecular weight excluding hydrogens is 424 g/mol. The largest absolute Gasteiger partial charge is 0.378 e. The molecule has 1 unspecified atom stereocenters. The number of hydrogen-bond donors (Lipinski definition) is 0. The molecule has 5 heterocycles. The summed E-state index contributed by atoms with van der Waals surface area (Å²) in [6.45, 7) is 6.04. The van der Waals surface area contributed by atoms with Crippen molar-refractivity contribution in [1.29, 1.82) is 0 Å². The molecule has 0 bridgehead atoms. The Hall–Kier alpha value is -2.36. The fraction of sp³-hybridized carbons (Fsp3) is 0.565. The van der Waals surface area contributed by atoms with Crippen LogP contribution in [0.1, 0.15) is 30.7 Å². The van der Waals surface area contributed by atoms with Crippen molar-refractivity contribution in [2.45, 2.75) is 31.3 Å². The molecule has 32 heavy (non-hydrogen) atoms. The van der Waals surface area contributed by atoms with Gasteiger partial charge in [0.15, 0.2) is 5.82 Å². The number of hydrogen-bond acceptors (Lipinski definition) is 9. The molecule has 3 aliphatic rings. The van der Waals surface area contributed by atoms with Crippen LogP contribution in [-0.4, -0.2) is 66.4 Å². The molecule has 0 aliphatic carbocycles. The van der Waals surface area contributed by atoms with Gasteiger partial charge < -0.3 is 19.3 Å². The Morgan fingerprint density at radius 2 is 1.97 bits per heavy atom. The maximum Gasteiger partial charge on any atom is 0.162 e. The average molecular weight is 453 g/mol. The molecule has 1 aromatic carbocycles. The highest BCUT2D eigenvalue weighted by Crippen LogP contribution is 2.47. The van der Waals surface area contributed by atoms with E-state index in [4.69, 9.17) is 9.47 Å². The topological polar surface area (TPSA) is 76.5 Å². The number of benzene rings is 1. The van der Waals surface area contributed by atoms with Gasteiger partial charge in [-0.25, -0.2) is 4.98 Å². The number of aromatic nitrogens is 4. The average Bonchev–Trinajstić information content (AvgIpc) is 3.57. The van der Waals surface area contributed by atoms with Crippen LogP contribution in [0.2, 0.25) is 0 Å². The number of rotatable bonds is 4. The van der Waals surface area contributed by atoms with E-state index in [-0.39, 0.29) is 5.60 Å². The standard InChI is InChI=1S/C23H28N6O2S/c1-3-17(23(6-2-11-31-23)22-24-7-14-32-22)16-29(8-1)21-19-5-4-18(15-20(19)25-27-26-21)28-9-12-30-13-10-28/h4-5,7,14-15,17H,1-3,6,8-13,16H2/t17?,23-/m0/s1. The van der Waals surface area contributed by atoms with Gasteiger partial charge in [-0.05, 0) is 49.1 Å². The minimum atomic E-state index is -0.257. The van der Waals surface area contributed by atoms with E-state index >= 15 is 0 Å². The minimum Gasteiger partial charge on any atom is -0.378 e. The fourth-order valence-electron chi connectivity index (χ4n) is 5.52. The van der Waals surface area contributed by atoms with Crippen LogP contribution in [0.15, 0.2) is 29.8 Å². The van der Waals surface area contributed by atoms with Gasteiger partial charge in [0.2, 0.25) is 0 Å². The summed E-state index contributed by atoms with van der Waals surface area (Å²) in [6, 6.07) is 6.47. The summed E-state index contributed by atoms with van der Waals surface area (Å²) in [7, 11) is 0. The lowest BCUT2D eigenvalue weighted by atomic mass is 9.80. The molecule has 3 aromatic rings. The SMILES string of the molecule is c1csc([C@@]2(C3CCCN(c4nnnc5cc(N6CCOCC6)ccc45)C3)CCCO2)n1. The molecule has 168 valence electrons. The molecule has 9 heteroatoms. The van der Waals surface area contributed by atoms with Crippen LogP contribution in [0.5, 0.6) is 0 Å². The molecule has 0 radical (unpaired) electrons. The molecular formula is C23H28N6O2S. The quantitative estimate of drug-likeness (QED) is 0.597. The lowest BCUT2D eigenvalue weighted by Crippen LogP contribution is -2.46. The molecule has 8 nitrogen and oxygen atoms in total. The van der Waals surface area contributed by atoms with Gasteiger partial charge in [-0.3, -0.25) is 0 Å². The monoisotopic (exact) mass is 452 g/mol. The number of piperidine rings is 1. The van der Waals surface area contributed by atoms with Crippen molar-refractivity contribution in [3.8, 4) is 0 Å². The molecule has 0 N–H and O–H groups in total. The first kappa shape index (κ1) is 20.3. The van der Waals surface area contributed by atoms with Gasteiger partial charge in [0.25, 0.3) is 0 Å². The molecule has 2 aromatic heterocycles. The summed E-state index contributed by atoms with van der Waals surface area (Å²) >= 11 is 1.72. The normalized spacial score (nSPS) is 26.7. The van der Waals surface area contributed by atoms with Crippen molar-refractivity contribution < 1.29 is 9.47 Å². The summed E-state index contributed by atoms with van der Waals surface area (Å²) in [4.78, 5) is 9.40. The Bertz CT molecular complexity index is 1070. The maximum absolute atomic E-state index is 6.44. The van der Waals surface area contributed by atoms with Gasteiger partial charge in [0, 0.05) is 61.4 Å². The fourth-order valence-corrected chi connectivity index (χ4v) is 6.42. The van der Waals surface area contributed by atoms with E-state index in [1.165, 1.54) is 5.69 Å². The van der Waals surface area contributed by atoms with E-state index in [2.05, 4.69) is 53.8 Å². The molecule has 6 rings (SSSR count). The van der Waals surface area contributed by atoms with E-state index in [1.54, 1.807) is 11.3 Å². The van der Waals surface area contributed by atoms with Crippen molar-refractivity contribution in [2.75, 3.05) is 55.8 Å². The number of fused-ring (bicyclic) bond motifs is 1. The van der Waals surface area contributed by atoms with E-state index in [0.29, 0.717) is 5.92 Å². The molecule has 3 aliphatic heterocycles. The third-order valence-corrected chi connectivity index (χ3v) is 8.05. The third-order valence-electron chi connectivity index (χ3n) is 7.12. The van der Waals surface area contributed by atoms with Gasteiger partial charge in [-0.15, -0.1) is 21.5 Å². The molecule has 0 saturated carbocycles. The summed E-state index contributed by atoms with van der Waals surface area (Å²) in [5.41, 5.74) is 1.81. The van der Waals surface area contributed by atoms with E-state index in [1.807, 2.05) is 6.20 Å². The molecule has 0 amide bonds. The van der Waals surface area contributed by atoms with Crippen molar-refractivity contribution in [2.24, 2.45) is 5.92 Å². The van der Waals surface area contributed by atoms with Gasteiger partial charge in [0.1, 0.15) is 16.1 Å². The highest BCUT2D eigenvalue weighted by molar-refractivity contribution is 7.09. The Labute approximate surface area is 191 Å². The van der Waals surface area contributed by atoms with Gasteiger partial charge in [-0.2, -0.15) is 0 Å². The van der Waals surface area contributed by atoms with E-state index < -0.39 is 0 Å².